The molecule has 0 saturated carbocycles. The monoisotopic (exact) mass is 515 g/mol. The quantitative estimate of drug-likeness (QED) is 0.422. The largest absolute Gasteiger partial charge is 0.423 e. The number of ether oxygens (including phenoxy) is 2. The molecule has 1 amide bonds. The second-order valence-electron chi connectivity index (χ2n) is 8.00. The van der Waals surface area contributed by atoms with Crippen LogP contribution in [-0.2, 0) is 9.53 Å². The summed E-state index contributed by atoms with van der Waals surface area (Å²) in [6.45, 7) is 2.02. The fourth-order valence-corrected chi connectivity index (χ4v) is 4.84. The number of aromatic nitrogens is 2. The van der Waals surface area contributed by atoms with Crippen molar-refractivity contribution in [1.82, 2.24) is 14.6 Å². The number of para-hydroxylation sites is 2. The highest BCUT2D eigenvalue weighted by atomic mass is 32.2. The van der Waals surface area contributed by atoms with E-state index < -0.39 is 12.2 Å². The second-order valence-corrected chi connectivity index (χ2v) is 9.01. The number of fused-ring (bicyclic) bond motifs is 2. The number of benzene rings is 2. The zero-order valence-corrected chi connectivity index (χ0v) is 20.1. The fourth-order valence-electron chi connectivity index (χ4n) is 3.82. The molecule has 0 bridgehead atoms. The van der Waals surface area contributed by atoms with Crippen LogP contribution < -0.4 is 15.4 Å². The molecule has 2 aromatic carbocycles. The summed E-state index contributed by atoms with van der Waals surface area (Å²) in [4.78, 5) is 24.6. The molecule has 2 aliphatic rings. The van der Waals surface area contributed by atoms with Gasteiger partial charge in [-0.25, -0.2) is 18.4 Å². The SMILES string of the molecule is CN1C(=O)CSc2cc(OC(=Nn3c(C(F)F)nc4ccccc43)N=C(N)N3CCOCC3)ccc21. The van der Waals surface area contributed by atoms with Crippen molar-refractivity contribution < 1.29 is 23.0 Å². The first-order valence-corrected chi connectivity index (χ1v) is 12.1. The Bertz CT molecular complexity index is 1350. The molecule has 2 N–H and O–H groups in total. The Hall–Kier alpha value is -3.71. The van der Waals surface area contributed by atoms with E-state index in [0.29, 0.717) is 48.8 Å². The van der Waals surface area contributed by atoms with Gasteiger partial charge in [-0.3, -0.25) is 4.79 Å². The van der Waals surface area contributed by atoms with Crippen LogP contribution in [0.4, 0.5) is 14.5 Å². The highest BCUT2D eigenvalue weighted by Gasteiger charge is 2.23. The first kappa shape index (κ1) is 24.0. The van der Waals surface area contributed by atoms with Gasteiger partial charge in [-0.1, -0.05) is 12.1 Å². The van der Waals surface area contributed by atoms with E-state index in [4.69, 9.17) is 15.2 Å². The zero-order valence-electron chi connectivity index (χ0n) is 19.3. The minimum Gasteiger partial charge on any atom is -0.423 e. The molecular formula is C23H23F2N7O3S. The Labute approximate surface area is 209 Å². The molecule has 188 valence electrons. The third-order valence-corrected chi connectivity index (χ3v) is 6.74. The lowest BCUT2D eigenvalue weighted by molar-refractivity contribution is -0.116. The molecule has 10 nitrogen and oxygen atoms in total. The third kappa shape index (κ3) is 4.84. The number of morpholine rings is 1. The number of hydrogen-bond donors (Lipinski definition) is 1. The summed E-state index contributed by atoms with van der Waals surface area (Å²) in [6.07, 6.45) is -2.88. The predicted octanol–water partition coefficient (Wildman–Crippen LogP) is 2.89. The van der Waals surface area contributed by atoms with Gasteiger partial charge in [0, 0.05) is 25.0 Å². The zero-order chi connectivity index (χ0) is 25.2. The molecule has 5 rings (SSSR count). The van der Waals surface area contributed by atoms with Crippen molar-refractivity contribution in [2.45, 2.75) is 11.3 Å². The number of nitrogens with zero attached hydrogens (tertiary/aromatic N) is 6. The number of anilines is 1. The van der Waals surface area contributed by atoms with Crippen molar-refractivity contribution in [3.05, 3.63) is 48.3 Å². The van der Waals surface area contributed by atoms with E-state index in [-0.39, 0.29) is 17.9 Å². The number of hydrogen-bond acceptors (Lipinski definition) is 6. The lowest BCUT2D eigenvalue weighted by Gasteiger charge is -2.27. The molecular weight excluding hydrogens is 492 g/mol. The minimum atomic E-state index is -2.88. The molecule has 3 aromatic rings. The maximum absolute atomic E-state index is 13.8. The highest BCUT2D eigenvalue weighted by Crippen LogP contribution is 2.37. The van der Waals surface area contributed by atoms with Crippen LogP contribution in [0.5, 0.6) is 5.75 Å². The molecule has 0 aliphatic carbocycles. The maximum Gasteiger partial charge on any atom is 0.343 e. The summed E-state index contributed by atoms with van der Waals surface area (Å²) >= 11 is 1.38. The molecule has 0 unspecified atom stereocenters. The minimum absolute atomic E-state index is 0.00202. The van der Waals surface area contributed by atoms with Crippen LogP contribution in [0.25, 0.3) is 11.0 Å². The molecule has 0 atom stereocenters. The van der Waals surface area contributed by atoms with Gasteiger partial charge in [0.25, 0.3) is 6.43 Å². The van der Waals surface area contributed by atoms with E-state index in [9.17, 15) is 13.6 Å². The number of imidazole rings is 1. The summed E-state index contributed by atoms with van der Waals surface area (Å²) in [5.74, 6) is 0.243. The Morgan fingerprint density at radius 1 is 1.22 bits per heavy atom. The van der Waals surface area contributed by atoms with Gasteiger partial charge >= 0.3 is 6.02 Å². The number of carbonyl (C=O) groups is 1. The lowest BCUT2D eigenvalue weighted by Crippen LogP contribution is -2.45. The lowest BCUT2D eigenvalue weighted by atomic mass is 10.2. The number of guanidine groups is 1. The van der Waals surface area contributed by atoms with Crippen LogP contribution in [0.2, 0.25) is 0 Å². The average Bonchev–Trinajstić information content (AvgIpc) is 3.25. The Morgan fingerprint density at radius 3 is 2.78 bits per heavy atom. The average molecular weight is 516 g/mol. The van der Waals surface area contributed by atoms with Gasteiger partial charge in [0.2, 0.25) is 11.9 Å². The topological polar surface area (TPSA) is 111 Å². The van der Waals surface area contributed by atoms with Gasteiger partial charge in [-0.2, -0.15) is 4.99 Å². The molecule has 0 spiro atoms. The molecule has 1 aromatic heterocycles. The molecule has 36 heavy (non-hydrogen) atoms. The predicted molar refractivity (Wildman–Crippen MR) is 133 cm³/mol. The first-order valence-electron chi connectivity index (χ1n) is 11.1. The van der Waals surface area contributed by atoms with Gasteiger partial charge in [0.05, 0.1) is 35.7 Å². The van der Waals surface area contributed by atoms with E-state index in [2.05, 4.69) is 15.1 Å². The molecule has 0 radical (unpaired) electrons. The van der Waals surface area contributed by atoms with Crippen LogP contribution in [0, 0.1) is 0 Å². The first-order chi connectivity index (χ1) is 17.4. The number of rotatable bonds is 3. The van der Waals surface area contributed by atoms with Crippen molar-refractivity contribution in [2.24, 2.45) is 15.8 Å². The molecule has 2 aliphatic heterocycles. The number of thioether (sulfide) groups is 1. The van der Waals surface area contributed by atoms with Crippen molar-refractivity contribution >= 4 is 46.4 Å². The van der Waals surface area contributed by atoms with Gasteiger partial charge < -0.3 is 25.0 Å². The summed E-state index contributed by atoms with van der Waals surface area (Å²) in [5.41, 5.74) is 7.70. The summed E-state index contributed by atoms with van der Waals surface area (Å²) in [5, 5.41) is 4.31. The number of carbonyl (C=O) groups excluding carboxylic acids is 1. The van der Waals surface area contributed by atoms with Crippen LogP contribution in [0.3, 0.4) is 0 Å². The molecule has 13 heteroatoms. The maximum atomic E-state index is 13.8. The smallest absolute Gasteiger partial charge is 0.343 e. The van der Waals surface area contributed by atoms with Gasteiger partial charge in [-0.05, 0) is 30.3 Å². The van der Waals surface area contributed by atoms with E-state index in [0.717, 1.165) is 15.3 Å². The van der Waals surface area contributed by atoms with E-state index >= 15 is 0 Å². The summed E-state index contributed by atoms with van der Waals surface area (Å²) in [7, 11) is 1.71. The van der Waals surface area contributed by atoms with E-state index in [1.54, 1.807) is 59.3 Å². The van der Waals surface area contributed by atoms with E-state index in [1.165, 1.54) is 11.8 Å². The van der Waals surface area contributed by atoms with Crippen LogP contribution >= 0.6 is 11.8 Å². The second kappa shape index (κ2) is 10.1. The van der Waals surface area contributed by atoms with Gasteiger partial charge in [-0.15, -0.1) is 16.9 Å². The summed E-state index contributed by atoms with van der Waals surface area (Å²) < 4.78 is 40.0. The van der Waals surface area contributed by atoms with Crippen LogP contribution in [0.1, 0.15) is 12.2 Å². The van der Waals surface area contributed by atoms with Crippen LogP contribution in [-0.4, -0.2) is 71.6 Å². The standard InChI is InChI=1S/C23H23F2N7O3S/c1-30-17-7-6-14(12-18(17)36-13-19(30)33)35-23(28-22(26)31-8-10-34-11-9-31)29-32-16-5-3-2-4-15(16)27-21(32)20(24)25/h2-7,12,20H,8-11,13H2,1H3,(H2,26,28,29). The fraction of sp³-hybridized carbons (Fsp3) is 0.304. The molecule has 1 saturated heterocycles. The van der Waals surface area contributed by atoms with Gasteiger partial charge in [0.15, 0.2) is 5.82 Å². The Morgan fingerprint density at radius 2 is 2.00 bits per heavy atom. The summed E-state index contributed by atoms with van der Waals surface area (Å²) in [6, 6.07) is 11.6. The number of amidine groups is 1. The molecule has 3 heterocycles. The normalized spacial score (nSPS) is 17.2. The Kier molecular flexibility index (Phi) is 6.74. The van der Waals surface area contributed by atoms with Crippen molar-refractivity contribution in [3.63, 3.8) is 0 Å². The van der Waals surface area contributed by atoms with Gasteiger partial charge in [0.1, 0.15) is 5.75 Å². The van der Waals surface area contributed by atoms with Crippen LogP contribution in [0.15, 0.2) is 57.5 Å². The van der Waals surface area contributed by atoms with Crippen molar-refractivity contribution in [2.75, 3.05) is 44.0 Å². The number of amides is 1. The Balaban J connectivity index is 1.56. The number of alkyl halides is 2. The molecule has 1 fully saturated rings. The van der Waals surface area contributed by atoms with E-state index in [1.807, 2.05) is 0 Å². The van der Waals surface area contributed by atoms with Crippen molar-refractivity contribution in [3.8, 4) is 5.75 Å². The highest BCUT2D eigenvalue weighted by molar-refractivity contribution is 8.00. The number of halogens is 2. The number of nitrogens with two attached hydrogens (primary N) is 1. The number of aliphatic imine (C=N–C) groups is 1. The van der Waals surface area contributed by atoms with Crippen molar-refractivity contribution in [1.29, 1.82) is 0 Å². The third-order valence-electron chi connectivity index (χ3n) is 5.71.